The Morgan fingerprint density at radius 2 is 1.90 bits per heavy atom. The zero-order chi connectivity index (χ0) is 22.0. The Morgan fingerprint density at radius 3 is 2.74 bits per heavy atom. The number of furan rings is 1. The zero-order valence-electron chi connectivity index (χ0n) is 15.4. The van der Waals surface area contributed by atoms with Crippen LogP contribution < -0.4 is 10.6 Å². The van der Waals surface area contributed by atoms with Crippen LogP contribution in [0.3, 0.4) is 0 Å². The van der Waals surface area contributed by atoms with Gasteiger partial charge in [0.05, 0.1) is 32.5 Å². The summed E-state index contributed by atoms with van der Waals surface area (Å²) in [5.74, 6) is 0.543. The van der Waals surface area contributed by atoms with Gasteiger partial charge in [-0.05, 0) is 54.7 Å². The van der Waals surface area contributed by atoms with Crippen molar-refractivity contribution < 1.29 is 9.21 Å². The maximum Gasteiger partial charge on any atom is 0.250 e. The van der Waals surface area contributed by atoms with Crippen LogP contribution in [0.15, 0.2) is 53.0 Å². The van der Waals surface area contributed by atoms with E-state index in [1.165, 1.54) is 12.2 Å². The molecule has 31 heavy (non-hydrogen) atoms. The monoisotopic (exact) mass is 508 g/mol. The molecule has 0 bridgehead atoms. The van der Waals surface area contributed by atoms with Gasteiger partial charge in [-0.2, -0.15) is 8.75 Å². The van der Waals surface area contributed by atoms with Crippen LogP contribution in [-0.2, 0) is 4.79 Å². The first kappa shape index (κ1) is 21.7. The van der Waals surface area contributed by atoms with Crippen LogP contribution in [0.25, 0.3) is 28.4 Å². The number of nitrogens with zero attached hydrogens (tertiary/aromatic N) is 2. The van der Waals surface area contributed by atoms with Crippen molar-refractivity contribution >= 4 is 92.6 Å². The number of benzene rings is 2. The first-order chi connectivity index (χ1) is 14.9. The highest BCUT2D eigenvalue weighted by molar-refractivity contribution is 7.80. The summed E-state index contributed by atoms with van der Waals surface area (Å²) in [5.41, 5.74) is 2.40. The lowest BCUT2D eigenvalue weighted by molar-refractivity contribution is -0.115. The summed E-state index contributed by atoms with van der Waals surface area (Å²) in [4.78, 5) is 12.2. The molecule has 4 rings (SSSR count). The molecular weight excluding hydrogens is 499 g/mol. The van der Waals surface area contributed by atoms with Crippen LogP contribution in [0.2, 0.25) is 15.1 Å². The lowest BCUT2D eigenvalue weighted by atomic mass is 10.2. The maximum atomic E-state index is 12.2. The minimum Gasteiger partial charge on any atom is -0.457 e. The summed E-state index contributed by atoms with van der Waals surface area (Å²) < 4.78 is 14.1. The van der Waals surface area contributed by atoms with Crippen LogP contribution >= 0.6 is 58.7 Å². The topological polar surface area (TPSA) is 80.0 Å². The maximum absolute atomic E-state index is 12.2. The van der Waals surface area contributed by atoms with Crippen molar-refractivity contribution in [1.29, 1.82) is 0 Å². The molecule has 0 radical (unpaired) electrons. The molecule has 0 fully saturated rings. The molecule has 0 aliphatic rings. The smallest absolute Gasteiger partial charge is 0.250 e. The minimum absolute atomic E-state index is 0.0721. The van der Waals surface area contributed by atoms with Gasteiger partial charge in [0.15, 0.2) is 5.11 Å². The predicted octanol–water partition coefficient (Wildman–Crippen LogP) is 6.44. The van der Waals surface area contributed by atoms with Gasteiger partial charge >= 0.3 is 0 Å². The Labute approximate surface area is 201 Å². The molecule has 4 aromatic rings. The second-order valence-corrected chi connectivity index (χ2v) is 8.26. The zero-order valence-corrected chi connectivity index (χ0v) is 19.3. The molecule has 0 aliphatic carbocycles. The van der Waals surface area contributed by atoms with Gasteiger partial charge in [0.2, 0.25) is 5.91 Å². The number of anilines is 1. The number of rotatable bonds is 4. The first-order valence-corrected chi connectivity index (χ1v) is 10.9. The average Bonchev–Trinajstić information content (AvgIpc) is 3.40. The van der Waals surface area contributed by atoms with Crippen LogP contribution in [0.4, 0.5) is 5.69 Å². The predicted molar refractivity (Wildman–Crippen MR) is 130 cm³/mol. The fourth-order valence-corrected chi connectivity index (χ4v) is 4.02. The van der Waals surface area contributed by atoms with E-state index in [1.54, 1.807) is 42.5 Å². The Kier molecular flexibility index (Phi) is 6.54. The Hall–Kier alpha value is -2.49. The van der Waals surface area contributed by atoms with Crippen LogP contribution in [0, 0.1) is 0 Å². The van der Waals surface area contributed by atoms with E-state index in [2.05, 4.69) is 19.4 Å². The highest BCUT2D eigenvalue weighted by Crippen LogP contribution is 2.34. The summed E-state index contributed by atoms with van der Waals surface area (Å²) in [5, 5.41) is 6.75. The van der Waals surface area contributed by atoms with Gasteiger partial charge in [-0.25, -0.2) is 0 Å². The van der Waals surface area contributed by atoms with Crippen LogP contribution in [0.5, 0.6) is 0 Å². The van der Waals surface area contributed by atoms with Gasteiger partial charge in [0.1, 0.15) is 22.6 Å². The Morgan fingerprint density at radius 1 is 1.06 bits per heavy atom. The number of nitrogens with one attached hydrogen (secondary N) is 2. The Balaban J connectivity index is 1.41. The number of halogens is 3. The van der Waals surface area contributed by atoms with Gasteiger partial charge < -0.3 is 9.73 Å². The van der Waals surface area contributed by atoms with Gasteiger partial charge in [0.25, 0.3) is 0 Å². The van der Waals surface area contributed by atoms with E-state index in [0.29, 0.717) is 48.9 Å². The SMILES string of the molecule is O=C(/C=C/c1ccc(-c2cccc(Cl)c2Cl)o1)NC(=S)Nc1c(Cl)ccc2nsnc12. The van der Waals surface area contributed by atoms with E-state index in [9.17, 15) is 4.79 Å². The van der Waals surface area contributed by atoms with Crippen molar-refractivity contribution in [2.45, 2.75) is 0 Å². The number of hydrogen-bond donors (Lipinski definition) is 2. The molecule has 11 heteroatoms. The fraction of sp³-hybridized carbons (Fsp3) is 0. The highest BCUT2D eigenvalue weighted by atomic mass is 35.5. The van der Waals surface area contributed by atoms with Gasteiger partial charge in [-0.15, -0.1) is 0 Å². The molecule has 0 aliphatic heterocycles. The standard InChI is InChI=1S/C20H11Cl3N4O2S2/c21-12-3-1-2-11(17(12)23)15-8-4-10(29-15)5-9-16(28)24-20(30)25-18-13(22)6-7-14-19(18)27-31-26-14/h1-9H,(H2,24,25,28,30)/b9-5+. The fourth-order valence-electron chi connectivity index (χ4n) is 2.68. The molecular formula is C20H11Cl3N4O2S2. The third kappa shape index (κ3) is 4.89. The van der Waals surface area contributed by atoms with E-state index in [1.807, 2.05) is 0 Å². The largest absolute Gasteiger partial charge is 0.457 e. The van der Waals surface area contributed by atoms with Gasteiger partial charge in [-0.1, -0.05) is 40.9 Å². The van der Waals surface area contributed by atoms with E-state index in [4.69, 9.17) is 51.4 Å². The lowest BCUT2D eigenvalue weighted by Gasteiger charge is -2.09. The van der Waals surface area contributed by atoms with Crippen molar-refractivity contribution in [3.8, 4) is 11.3 Å². The summed E-state index contributed by atoms with van der Waals surface area (Å²) in [6.07, 6.45) is 2.81. The summed E-state index contributed by atoms with van der Waals surface area (Å²) in [7, 11) is 0. The lowest BCUT2D eigenvalue weighted by Crippen LogP contribution is -2.33. The van der Waals surface area contributed by atoms with Crippen LogP contribution in [-0.4, -0.2) is 19.8 Å². The molecule has 2 aromatic carbocycles. The molecule has 0 atom stereocenters. The summed E-state index contributed by atoms with van der Waals surface area (Å²) >= 11 is 24.7. The third-order valence-electron chi connectivity index (χ3n) is 4.10. The van der Waals surface area contributed by atoms with Gasteiger partial charge in [0, 0.05) is 11.6 Å². The number of aromatic nitrogens is 2. The van der Waals surface area contributed by atoms with Crippen molar-refractivity contribution in [3.05, 3.63) is 69.4 Å². The molecule has 1 amide bonds. The average molecular weight is 510 g/mol. The summed E-state index contributed by atoms with van der Waals surface area (Å²) in [6.45, 7) is 0. The van der Waals surface area contributed by atoms with Crippen molar-refractivity contribution in [3.63, 3.8) is 0 Å². The number of thiocarbonyl (C=S) groups is 1. The number of carbonyl (C=O) groups excluding carboxylic acids is 1. The number of amides is 1. The Bertz CT molecular complexity index is 1330. The van der Waals surface area contributed by atoms with E-state index >= 15 is 0 Å². The molecule has 6 nitrogen and oxygen atoms in total. The van der Waals surface area contributed by atoms with Crippen molar-refractivity contribution in [2.75, 3.05) is 5.32 Å². The van der Waals surface area contributed by atoms with Crippen molar-refractivity contribution in [2.24, 2.45) is 0 Å². The number of hydrogen-bond acceptors (Lipinski definition) is 6. The first-order valence-electron chi connectivity index (χ1n) is 8.67. The quantitative estimate of drug-likeness (QED) is 0.243. The highest BCUT2D eigenvalue weighted by Gasteiger charge is 2.13. The van der Waals surface area contributed by atoms with Gasteiger partial charge in [-0.3, -0.25) is 10.1 Å². The number of fused-ring (bicyclic) bond motifs is 1. The molecule has 0 saturated carbocycles. The van der Waals surface area contributed by atoms with E-state index < -0.39 is 5.91 Å². The van der Waals surface area contributed by atoms with E-state index in [-0.39, 0.29) is 5.11 Å². The number of carbonyl (C=O) groups is 1. The third-order valence-corrected chi connectivity index (χ3v) is 5.98. The molecule has 0 unspecified atom stereocenters. The van der Waals surface area contributed by atoms with E-state index in [0.717, 1.165) is 11.7 Å². The molecule has 2 N–H and O–H groups in total. The minimum atomic E-state index is -0.448. The normalized spacial score (nSPS) is 11.2. The van der Waals surface area contributed by atoms with Crippen molar-refractivity contribution in [1.82, 2.24) is 14.1 Å². The molecule has 2 aromatic heterocycles. The molecule has 2 heterocycles. The molecule has 156 valence electrons. The van der Waals surface area contributed by atoms with Crippen LogP contribution in [0.1, 0.15) is 5.76 Å². The summed E-state index contributed by atoms with van der Waals surface area (Å²) in [6, 6.07) is 12.1. The molecule has 0 saturated heterocycles. The second kappa shape index (κ2) is 9.33. The molecule has 0 spiro atoms. The second-order valence-electron chi connectivity index (χ2n) is 6.13.